The van der Waals surface area contributed by atoms with Crippen LogP contribution in [0, 0.1) is 0 Å². The third kappa shape index (κ3) is 4.88. The summed E-state index contributed by atoms with van der Waals surface area (Å²) >= 11 is 0. The van der Waals surface area contributed by atoms with E-state index in [1.807, 2.05) is 12.1 Å². The van der Waals surface area contributed by atoms with E-state index in [4.69, 9.17) is 4.74 Å². The SMILES string of the molecule is CS(=O)(=O)N(CC(=O)NCC1CCCO1)c1ccc(N2CCCC2)cc1. The highest BCUT2D eigenvalue weighted by atomic mass is 32.2. The van der Waals surface area contributed by atoms with Gasteiger partial charge in [0.15, 0.2) is 0 Å². The molecule has 2 fully saturated rings. The van der Waals surface area contributed by atoms with Crippen molar-refractivity contribution in [1.29, 1.82) is 0 Å². The Balaban J connectivity index is 1.64. The van der Waals surface area contributed by atoms with E-state index in [9.17, 15) is 13.2 Å². The number of hydrogen-bond acceptors (Lipinski definition) is 5. The first-order valence-corrected chi connectivity index (χ1v) is 11.0. The van der Waals surface area contributed by atoms with Crippen molar-refractivity contribution in [2.75, 3.05) is 48.2 Å². The molecule has 1 unspecified atom stereocenters. The minimum atomic E-state index is -3.55. The summed E-state index contributed by atoms with van der Waals surface area (Å²) < 4.78 is 31.0. The van der Waals surface area contributed by atoms with E-state index in [0.29, 0.717) is 12.2 Å². The lowest BCUT2D eigenvalue weighted by atomic mass is 10.2. The Hall–Kier alpha value is -1.80. The Labute approximate surface area is 155 Å². The first-order valence-electron chi connectivity index (χ1n) is 9.14. The Morgan fingerprint density at radius 2 is 1.92 bits per heavy atom. The Kier molecular flexibility index (Phi) is 6.03. The normalized spacial score (nSPS) is 20.3. The van der Waals surface area contributed by atoms with Crippen molar-refractivity contribution in [3.8, 4) is 0 Å². The number of anilines is 2. The first-order chi connectivity index (χ1) is 12.4. The molecular formula is C18H27N3O4S. The summed E-state index contributed by atoms with van der Waals surface area (Å²) in [5.41, 5.74) is 1.59. The van der Waals surface area contributed by atoms with E-state index < -0.39 is 10.0 Å². The van der Waals surface area contributed by atoms with E-state index in [2.05, 4.69) is 10.2 Å². The fourth-order valence-electron chi connectivity index (χ4n) is 3.42. The fraction of sp³-hybridized carbons (Fsp3) is 0.611. The number of ether oxygens (including phenoxy) is 1. The molecule has 0 bridgehead atoms. The molecule has 2 aliphatic heterocycles. The van der Waals surface area contributed by atoms with E-state index in [0.717, 1.165) is 48.8 Å². The van der Waals surface area contributed by atoms with Gasteiger partial charge in [0, 0.05) is 31.9 Å². The number of sulfonamides is 1. The molecular weight excluding hydrogens is 354 g/mol. The number of nitrogens with one attached hydrogen (secondary N) is 1. The lowest BCUT2D eigenvalue weighted by Gasteiger charge is -2.24. The third-order valence-electron chi connectivity index (χ3n) is 4.85. The smallest absolute Gasteiger partial charge is 0.240 e. The van der Waals surface area contributed by atoms with Gasteiger partial charge in [0.25, 0.3) is 0 Å². The highest BCUT2D eigenvalue weighted by Gasteiger charge is 2.23. The highest BCUT2D eigenvalue weighted by molar-refractivity contribution is 7.92. The predicted molar refractivity (Wildman–Crippen MR) is 102 cm³/mol. The van der Waals surface area contributed by atoms with Gasteiger partial charge in [-0.2, -0.15) is 0 Å². The molecule has 2 aliphatic rings. The van der Waals surface area contributed by atoms with Gasteiger partial charge in [-0.15, -0.1) is 0 Å². The second-order valence-corrected chi connectivity index (χ2v) is 8.83. The molecule has 2 heterocycles. The Morgan fingerprint density at radius 3 is 2.50 bits per heavy atom. The topological polar surface area (TPSA) is 79.0 Å². The van der Waals surface area contributed by atoms with Crippen LogP contribution in [0.3, 0.4) is 0 Å². The van der Waals surface area contributed by atoms with Gasteiger partial charge in [-0.3, -0.25) is 9.10 Å². The second-order valence-electron chi connectivity index (χ2n) is 6.92. The number of nitrogens with zero attached hydrogens (tertiary/aromatic N) is 2. The lowest BCUT2D eigenvalue weighted by molar-refractivity contribution is -0.120. The van der Waals surface area contributed by atoms with Crippen molar-refractivity contribution in [2.24, 2.45) is 0 Å². The van der Waals surface area contributed by atoms with E-state index >= 15 is 0 Å². The summed E-state index contributed by atoms with van der Waals surface area (Å²) in [6.45, 7) is 2.97. The number of hydrogen-bond donors (Lipinski definition) is 1. The molecule has 8 heteroatoms. The average molecular weight is 381 g/mol. The summed E-state index contributed by atoms with van der Waals surface area (Å²) in [4.78, 5) is 14.5. The van der Waals surface area contributed by atoms with E-state index in [1.165, 1.54) is 12.8 Å². The lowest BCUT2D eigenvalue weighted by Crippen LogP contribution is -2.42. The molecule has 1 N–H and O–H groups in total. The first kappa shape index (κ1) is 19.0. The fourth-order valence-corrected chi connectivity index (χ4v) is 4.28. The molecule has 0 radical (unpaired) electrons. The molecule has 3 rings (SSSR count). The van der Waals surface area contributed by atoms with Gasteiger partial charge in [0.1, 0.15) is 6.54 Å². The summed E-state index contributed by atoms with van der Waals surface area (Å²) in [7, 11) is -3.55. The van der Waals surface area contributed by atoms with Crippen LogP contribution in [0.15, 0.2) is 24.3 Å². The molecule has 0 aliphatic carbocycles. The zero-order chi connectivity index (χ0) is 18.6. The van der Waals surface area contributed by atoms with Crippen molar-refractivity contribution < 1.29 is 17.9 Å². The van der Waals surface area contributed by atoms with E-state index in [-0.39, 0.29) is 18.6 Å². The molecule has 1 aromatic rings. The molecule has 0 saturated carbocycles. The standard InChI is InChI=1S/C18H27N3O4S/c1-26(23,24)21(14-18(22)19-13-17-5-4-12-25-17)16-8-6-15(7-9-16)20-10-2-3-11-20/h6-9,17H,2-5,10-14H2,1H3,(H,19,22). The van der Waals surface area contributed by atoms with Crippen LogP contribution in [0.1, 0.15) is 25.7 Å². The number of carbonyl (C=O) groups excluding carboxylic acids is 1. The molecule has 1 aromatic carbocycles. The number of amides is 1. The number of benzene rings is 1. The zero-order valence-corrected chi connectivity index (χ0v) is 16.0. The summed E-state index contributed by atoms with van der Waals surface area (Å²) in [6, 6.07) is 7.37. The van der Waals surface area contributed by atoms with Crippen molar-refractivity contribution in [3.63, 3.8) is 0 Å². The summed E-state index contributed by atoms with van der Waals surface area (Å²) in [6.07, 6.45) is 5.44. The Morgan fingerprint density at radius 1 is 1.23 bits per heavy atom. The van der Waals surface area contributed by atoms with Crippen LogP contribution in [-0.4, -0.2) is 59.5 Å². The van der Waals surface area contributed by atoms with Crippen LogP contribution >= 0.6 is 0 Å². The monoisotopic (exact) mass is 381 g/mol. The van der Waals surface area contributed by atoms with Crippen LogP contribution in [0.25, 0.3) is 0 Å². The Bertz CT molecular complexity index is 708. The third-order valence-corrected chi connectivity index (χ3v) is 5.99. The van der Waals surface area contributed by atoms with Crippen molar-refractivity contribution >= 4 is 27.3 Å². The van der Waals surface area contributed by atoms with Crippen molar-refractivity contribution in [2.45, 2.75) is 31.8 Å². The molecule has 26 heavy (non-hydrogen) atoms. The molecule has 1 atom stereocenters. The summed E-state index contributed by atoms with van der Waals surface area (Å²) in [5, 5.41) is 2.77. The predicted octanol–water partition coefficient (Wildman–Crippen LogP) is 1.35. The molecule has 144 valence electrons. The van der Waals surface area contributed by atoms with Gasteiger partial charge in [0.05, 0.1) is 18.0 Å². The van der Waals surface area contributed by atoms with Crippen LogP contribution < -0.4 is 14.5 Å². The molecule has 1 amide bonds. The molecule has 0 aromatic heterocycles. The van der Waals surface area contributed by atoms with Crippen LogP contribution in [-0.2, 0) is 19.6 Å². The van der Waals surface area contributed by atoms with Crippen molar-refractivity contribution in [1.82, 2.24) is 5.32 Å². The van der Waals surface area contributed by atoms with Gasteiger partial charge >= 0.3 is 0 Å². The maximum Gasteiger partial charge on any atom is 0.240 e. The van der Waals surface area contributed by atoms with Crippen LogP contribution in [0.4, 0.5) is 11.4 Å². The largest absolute Gasteiger partial charge is 0.376 e. The molecule has 7 nitrogen and oxygen atoms in total. The maximum atomic E-state index is 12.2. The average Bonchev–Trinajstić information content (AvgIpc) is 3.30. The minimum absolute atomic E-state index is 0.0328. The van der Waals surface area contributed by atoms with Crippen molar-refractivity contribution in [3.05, 3.63) is 24.3 Å². The second kappa shape index (κ2) is 8.26. The van der Waals surface area contributed by atoms with Crippen LogP contribution in [0.2, 0.25) is 0 Å². The quantitative estimate of drug-likeness (QED) is 0.771. The molecule has 0 spiro atoms. The zero-order valence-electron chi connectivity index (χ0n) is 15.2. The number of carbonyl (C=O) groups is 1. The van der Waals surface area contributed by atoms with Crippen LogP contribution in [0.5, 0.6) is 0 Å². The van der Waals surface area contributed by atoms with Gasteiger partial charge in [-0.05, 0) is 49.9 Å². The number of rotatable bonds is 7. The van der Waals surface area contributed by atoms with E-state index in [1.54, 1.807) is 12.1 Å². The van der Waals surface area contributed by atoms with Gasteiger partial charge < -0.3 is 15.0 Å². The molecule has 2 saturated heterocycles. The summed E-state index contributed by atoms with van der Waals surface area (Å²) in [5.74, 6) is -0.324. The minimum Gasteiger partial charge on any atom is -0.376 e. The van der Waals surface area contributed by atoms with Gasteiger partial charge in [-0.25, -0.2) is 8.42 Å². The van der Waals surface area contributed by atoms with Gasteiger partial charge in [-0.1, -0.05) is 0 Å². The highest BCUT2D eigenvalue weighted by Crippen LogP contribution is 2.25. The maximum absolute atomic E-state index is 12.2. The van der Waals surface area contributed by atoms with Gasteiger partial charge in [0.2, 0.25) is 15.9 Å².